The molecule has 1 aliphatic rings. The van der Waals surface area contributed by atoms with Gasteiger partial charge in [0.15, 0.2) is 0 Å². The molecule has 9 heteroatoms. The molecule has 1 aliphatic heterocycles. The fraction of sp³-hybridized carbons (Fsp3) is 0.667. The Morgan fingerprint density at radius 1 is 1.43 bits per heavy atom. The van der Waals surface area contributed by atoms with E-state index in [1.165, 1.54) is 14.0 Å². The molecule has 118 valence electrons. The van der Waals surface area contributed by atoms with Crippen molar-refractivity contribution >= 4 is 16.0 Å². The molecule has 2 N–H and O–H groups in total. The smallest absolute Gasteiger partial charge is 0.340 e. The zero-order chi connectivity index (χ0) is 15.6. The Labute approximate surface area is 123 Å². The Morgan fingerprint density at radius 3 is 2.62 bits per heavy atom. The second-order valence-electron chi connectivity index (χ2n) is 5.21. The molecule has 2 rings (SSSR count). The van der Waals surface area contributed by atoms with E-state index in [4.69, 9.17) is 5.11 Å². The van der Waals surface area contributed by atoms with Crippen molar-refractivity contribution in [1.82, 2.24) is 19.4 Å². The van der Waals surface area contributed by atoms with Crippen molar-refractivity contribution in [2.75, 3.05) is 33.2 Å². The van der Waals surface area contributed by atoms with Crippen LogP contribution in [0.5, 0.6) is 0 Å². The number of aryl methyl sites for hydroxylation is 1. The first kappa shape index (κ1) is 15.9. The van der Waals surface area contributed by atoms with Gasteiger partial charge in [-0.3, -0.25) is 5.10 Å². The minimum atomic E-state index is -3.90. The highest BCUT2D eigenvalue weighted by Crippen LogP contribution is 2.19. The summed E-state index contributed by atoms with van der Waals surface area (Å²) in [6.07, 6.45) is 2.27. The van der Waals surface area contributed by atoms with Gasteiger partial charge in [0.25, 0.3) is 10.0 Å². The van der Waals surface area contributed by atoms with Crippen LogP contribution in [-0.4, -0.2) is 72.1 Å². The number of hydrogen-bond acceptors (Lipinski definition) is 5. The van der Waals surface area contributed by atoms with Gasteiger partial charge < -0.3 is 10.0 Å². The monoisotopic (exact) mass is 316 g/mol. The van der Waals surface area contributed by atoms with Crippen molar-refractivity contribution in [3.05, 3.63) is 11.3 Å². The van der Waals surface area contributed by atoms with Crippen molar-refractivity contribution in [2.45, 2.75) is 24.8 Å². The summed E-state index contributed by atoms with van der Waals surface area (Å²) in [6, 6.07) is 0. The maximum atomic E-state index is 12.4. The lowest BCUT2D eigenvalue weighted by atomic mass is 10.3. The van der Waals surface area contributed by atoms with Gasteiger partial charge >= 0.3 is 5.97 Å². The van der Waals surface area contributed by atoms with Gasteiger partial charge in [0.05, 0.1) is 0 Å². The fourth-order valence-electron chi connectivity index (χ4n) is 2.40. The van der Waals surface area contributed by atoms with Crippen molar-refractivity contribution in [1.29, 1.82) is 0 Å². The zero-order valence-electron chi connectivity index (χ0n) is 12.2. The molecule has 21 heavy (non-hydrogen) atoms. The number of rotatable bonds is 6. The van der Waals surface area contributed by atoms with E-state index in [9.17, 15) is 13.2 Å². The first-order valence-corrected chi connectivity index (χ1v) is 8.25. The largest absolute Gasteiger partial charge is 0.478 e. The highest BCUT2D eigenvalue weighted by atomic mass is 32.2. The van der Waals surface area contributed by atoms with Gasteiger partial charge in [-0.25, -0.2) is 13.2 Å². The molecular formula is C12H20N4O4S. The van der Waals surface area contributed by atoms with Gasteiger partial charge in [-0.1, -0.05) is 0 Å². The average molecular weight is 316 g/mol. The van der Waals surface area contributed by atoms with Crippen LogP contribution in [0.1, 0.15) is 28.9 Å². The van der Waals surface area contributed by atoms with Gasteiger partial charge in [0.1, 0.15) is 5.56 Å². The van der Waals surface area contributed by atoms with E-state index in [0.717, 1.165) is 30.2 Å². The van der Waals surface area contributed by atoms with Crippen LogP contribution in [0.4, 0.5) is 0 Å². The molecule has 1 aromatic heterocycles. The molecule has 1 fully saturated rings. The minimum Gasteiger partial charge on any atom is -0.478 e. The minimum absolute atomic E-state index is 0.231. The molecule has 0 aromatic carbocycles. The molecule has 0 spiro atoms. The van der Waals surface area contributed by atoms with E-state index < -0.39 is 21.0 Å². The number of likely N-dealkylation sites (N-methyl/N-ethyl adjacent to an activating group) is 1. The molecule has 0 atom stereocenters. The normalized spacial score (nSPS) is 16.7. The first-order valence-electron chi connectivity index (χ1n) is 6.81. The number of hydrogen-bond donors (Lipinski definition) is 2. The Balaban J connectivity index is 2.15. The summed E-state index contributed by atoms with van der Waals surface area (Å²) in [5, 5.41) is 14.8. The fourth-order valence-corrected chi connectivity index (χ4v) is 3.68. The number of sulfonamides is 1. The molecule has 0 radical (unpaired) electrons. The molecule has 1 saturated heterocycles. The summed E-state index contributed by atoms with van der Waals surface area (Å²) < 4.78 is 26.0. The first-order chi connectivity index (χ1) is 9.84. The summed E-state index contributed by atoms with van der Waals surface area (Å²) in [6.45, 7) is 4.40. The Bertz CT molecular complexity index is 619. The van der Waals surface area contributed by atoms with E-state index >= 15 is 0 Å². The summed E-state index contributed by atoms with van der Waals surface area (Å²) in [5.74, 6) is -1.30. The lowest BCUT2D eigenvalue weighted by molar-refractivity contribution is 0.0691. The molecule has 0 bridgehead atoms. The molecule has 8 nitrogen and oxygen atoms in total. The maximum absolute atomic E-state index is 12.4. The summed E-state index contributed by atoms with van der Waals surface area (Å²) in [4.78, 5) is 13.4. The molecule has 0 aliphatic carbocycles. The Kier molecular flexibility index (Phi) is 4.64. The van der Waals surface area contributed by atoms with E-state index in [1.54, 1.807) is 0 Å². The summed E-state index contributed by atoms with van der Waals surface area (Å²) in [7, 11) is -2.46. The third-order valence-electron chi connectivity index (χ3n) is 3.71. The number of carbonyl (C=O) groups is 1. The van der Waals surface area contributed by atoms with E-state index in [0.29, 0.717) is 13.1 Å². The van der Waals surface area contributed by atoms with Crippen LogP contribution >= 0.6 is 0 Å². The highest BCUT2D eigenvalue weighted by molar-refractivity contribution is 7.89. The lowest BCUT2D eigenvalue weighted by Crippen LogP contribution is -2.35. The standard InChI is InChI=1S/C12H20N4O4S/c1-9-10(12(17)18)11(14-13-9)21(19,20)15(2)7-8-16-5-3-4-6-16/h3-8H2,1-2H3,(H,13,14)(H,17,18). The topological polar surface area (TPSA) is 107 Å². The van der Waals surface area contributed by atoms with Crippen LogP contribution in [0.2, 0.25) is 0 Å². The van der Waals surface area contributed by atoms with Crippen LogP contribution < -0.4 is 0 Å². The molecule has 0 unspecified atom stereocenters. The maximum Gasteiger partial charge on any atom is 0.340 e. The van der Waals surface area contributed by atoms with Gasteiger partial charge in [0.2, 0.25) is 5.03 Å². The van der Waals surface area contributed by atoms with Crippen LogP contribution in [0, 0.1) is 6.92 Å². The van der Waals surface area contributed by atoms with Crippen molar-refractivity contribution in [3.63, 3.8) is 0 Å². The summed E-state index contributed by atoms with van der Waals surface area (Å²) >= 11 is 0. The van der Waals surface area contributed by atoms with Gasteiger partial charge in [-0.05, 0) is 32.9 Å². The number of likely N-dealkylation sites (tertiary alicyclic amines) is 1. The second kappa shape index (κ2) is 6.12. The van der Waals surface area contributed by atoms with Crippen molar-refractivity contribution < 1.29 is 18.3 Å². The number of nitrogens with zero attached hydrogens (tertiary/aromatic N) is 3. The van der Waals surface area contributed by atoms with Gasteiger partial charge in [0, 0.05) is 25.8 Å². The van der Waals surface area contributed by atoms with Gasteiger partial charge in [-0.15, -0.1) is 0 Å². The summed E-state index contributed by atoms with van der Waals surface area (Å²) in [5.41, 5.74) is -0.0583. The number of carboxylic acid groups (broad SMARTS) is 1. The van der Waals surface area contributed by atoms with E-state index in [-0.39, 0.29) is 11.3 Å². The molecule has 2 heterocycles. The number of H-pyrrole nitrogens is 1. The molecular weight excluding hydrogens is 296 g/mol. The quantitative estimate of drug-likeness (QED) is 0.773. The molecule has 1 aromatic rings. The Morgan fingerprint density at radius 2 is 2.05 bits per heavy atom. The predicted molar refractivity (Wildman–Crippen MR) is 75.8 cm³/mol. The van der Waals surface area contributed by atoms with Crippen LogP contribution in [-0.2, 0) is 10.0 Å². The number of carboxylic acids is 1. The average Bonchev–Trinajstić information content (AvgIpc) is 3.04. The Hall–Kier alpha value is -1.45. The third-order valence-corrected chi connectivity index (χ3v) is 5.50. The molecule has 0 saturated carbocycles. The number of aromatic carboxylic acids is 1. The number of nitrogens with one attached hydrogen (secondary N) is 1. The zero-order valence-corrected chi connectivity index (χ0v) is 13.0. The third kappa shape index (κ3) is 3.25. The SMILES string of the molecule is Cc1[nH]nc(S(=O)(=O)N(C)CCN2CCCC2)c1C(=O)O. The van der Waals surface area contributed by atoms with E-state index in [2.05, 4.69) is 15.1 Å². The van der Waals surface area contributed by atoms with Crippen molar-refractivity contribution in [2.24, 2.45) is 0 Å². The van der Waals surface area contributed by atoms with E-state index in [1.807, 2.05) is 0 Å². The van der Waals surface area contributed by atoms with Crippen LogP contribution in [0.15, 0.2) is 5.03 Å². The number of aromatic nitrogens is 2. The predicted octanol–water partition coefficient (Wildman–Crippen LogP) is 0.133. The van der Waals surface area contributed by atoms with Gasteiger partial charge in [-0.2, -0.15) is 9.40 Å². The van der Waals surface area contributed by atoms with Crippen LogP contribution in [0.25, 0.3) is 0 Å². The highest BCUT2D eigenvalue weighted by Gasteiger charge is 2.31. The van der Waals surface area contributed by atoms with Crippen molar-refractivity contribution in [3.8, 4) is 0 Å². The molecule has 0 amide bonds. The number of aromatic amines is 1. The second-order valence-corrected chi connectivity index (χ2v) is 7.17. The van der Waals surface area contributed by atoms with Crippen LogP contribution in [0.3, 0.4) is 0 Å². The lowest BCUT2D eigenvalue weighted by Gasteiger charge is -2.20.